The van der Waals surface area contributed by atoms with Crippen molar-refractivity contribution >= 4 is 28.9 Å². The number of carbonyl (C=O) groups is 1. The highest BCUT2D eigenvalue weighted by Crippen LogP contribution is 2.15. The second kappa shape index (κ2) is 8.14. The Kier molecular flexibility index (Phi) is 5.94. The first kappa shape index (κ1) is 16.8. The zero-order valence-electron chi connectivity index (χ0n) is 13.0. The van der Waals surface area contributed by atoms with Gasteiger partial charge in [-0.1, -0.05) is 0 Å². The second-order valence-corrected chi connectivity index (χ2v) is 5.00. The van der Waals surface area contributed by atoms with Gasteiger partial charge in [-0.05, 0) is 67.7 Å². The van der Waals surface area contributed by atoms with E-state index >= 15 is 0 Å². The molecule has 0 fully saturated rings. The van der Waals surface area contributed by atoms with Gasteiger partial charge in [0, 0.05) is 11.3 Å². The molecule has 1 amide bonds. The van der Waals surface area contributed by atoms with Crippen LogP contribution in [0.15, 0.2) is 48.5 Å². The van der Waals surface area contributed by atoms with E-state index < -0.39 is 0 Å². The number of hydrogen-bond donors (Lipinski definition) is 2. The summed E-state index contributed by atoms with van der Waals surface area (Å²) in [5, 5.41) is 5.82. The van der Waals surface area contributed by atoms with Gasteiger partial charge >= 0.3 is 0 Å². The van der Waals surface area contributed by atoms with Crippen LogP contribution in [0, 0.1) is 0 Å². The summed E-state index contributed by atoms with van der Waals surface area (Å²) < 4.78 is 10.4. The maximum atomic E-state index is 12.1. The van der Waals surface area contributed by atoms with Crippen LogP contribution in [0.1, 0.15) is 17.3 Å². The highest BCUT2D eigenvalue weighted by Gasteiger charge is 2.08. The van der Waals surface area contributed by atoms with Crippen LogP contribution < -0.4 is 20.1 Å². The van der Waals surface area contributed by atoms with E-state index in [9.17, 15) is 4.79 Å². The first-order valence-electron chi connectivity index (χ1n) is 7.11. The summed E-state index contributed by atoms with van der Waals surface area (Å²) in [6.45, 7) is 2.54. The Morgan fingerprint density at radius 2 is 1.65 bits per heavy atom. The van der Waals surface area contributed by atoms with Crippen LogP contribution in [0.5, 0.6) is 11.5 Å². The van der Waals surface area contributed by atoms with E-state index in [1.165, 1.54) is 0 Å². The van der Waals surface area contributed by atoms with E-state index in [0.29, 0.717) is 17.9 Å². The van der Waals surface area contributed by atoms with Crippen LogP contribution in [0.25, 0.3) is 0 Å². The Balaban J connectivity index is 1.91. The van der Waals surface area contributed by atoms with Gasteiger partial charge in [0.05, 0.1) is 13.7 Å². The van der Waals surface area contributed by atoms with E-state index in [0.717, 1.165) is 11.4 Å². The third-order valence-electron chi connectivity index (χ3n) is 3.00. The van der Waals surface area contributed by atoms with E-state index in [4.69, 9.17) is 21.7 Å². The van der Waals surface area contributed by atoms with Gasteiger partial charge < -0.3 is 14.8 Å². The van der Waals surface area contributed by atoms with Gasteiger partial charge in [0.2, 0.25) is 0 Å². The van der Waals surface area contributed by atoms with Gasteiger partial charge in [0.15, 0.2) is 5.11 Å². The minimum absolute atomic E-state index is 0.231. The van der Waals surface area contributed by atoms with Crippen molar-refractivity contribution < 1.29 is 14.3 Å². The molecular formula is C17H18N2O3S. The summed E-state index contributed by atoms with van der Waals surface area (Å²) in [5.41, 5.74) is 1.27. The topological polar surface area (TPSA) is 59.6 Å². The molecule has 2 aromatic rings. The van der Waals surface area contributed by atoms with Crippen molar-refractivity contribution in [3.63, 3.8) is 0 Å². The van der Waals surface area contributed by atoms with Gasteiger partial charge in [-0.3, -0.25) is 10.1 Å². The van der Waals surface area contributed by atoms with E-state index in [1.807, 2.05) is 31.2 Å². The predicted octanol–water partition coefficient (Wildman–Crippen LogP) is 3.22. The Hall–Kier alpha value is -2.60. The number of rotatable bonds is 5. The van der Waals surface area contributed by atoms with Gasteiger partial charge in [0.25, 0.3) is 5.91 Å². The van der Waals surface area contributed by atoms with Crippen molar-refractivity contribution in [2.24, 2.45) is 0 Å². The molecule has 2 N–H and O–H groups in total. The van der Waals surface area contributed by atoms with Crippen LogP contribution in [-0.2, 0) is 0 Å². The van der Waals surface area contributed by atoms with Gasteiger partial charge in [-0.2, -0.15) is 0 Å². The first-order valence-corrected chi connectivity index (χ1v) is 7.52. The Morgan fingerprint density at radius 1 is 1.04 bits per heavy atom. The molecule has 0 aliphatic carbocycles. The zero-order chi connectivity index (χ0) is 16.7. The number of nitrogens with one attached hydrogen (secondary N) is 2. The van der Waals surface area contributed by atoms with Crippen molar-refractivity contribution in [1.82, 2.24) is 5.32 Å². The predicted molar refractivity (Wildman–Crippen MR) is 94.3 cm³/mol. The van der Waals surface area contributed by atoms with Crippen molar-refractivity contribution in [3.05, 3.63) is 54.1 Å². The molecule has 0 heterocycles. The molecule has 0 atom stereocenters. The number of ether oxygens (including phenoxy) is 2. The third-order valence-corrected chi connectivity index (χ3v) is 3.21. The number of hydrogen-bond acceptors (Lipinski definition) is 4. The number of amides is 1. The quantitative estimate of drug-likeness (QED) is 0.824. The van der Waals surface area contributed by atoms with E-state index in [-0.39, 0.29) is 11.0 Å². The standard InChI is InChI=1S/C17H18N2O3S/c1-3-22-15-10-6-13(7-11-15)18-17(23)19-16(20)12-4-8-14(21-2)9-5-12/h4-11H,3H2,1-2H3,(H2,18,19,20,23). The normalized spacial score (nSPS) is 9.83. The molecule has 2 rings (SSSR count). The third kappa shape index (κ3) is 4.96. The maximum Gasteiger partial charge on any atom is 0.257 e. The van der Waals surface area contributed by atoms with Crippen LogP contribution in [0.4, 0.5) is 5.69 Å². The monoisotopic (exact) mass is 330 g/mol. The fraction of sp³-hybridized carbons (Fsp3) is 0.176. The molecule has 0 bridgehead atoms. The van der Waals surface area contributed by atoms with Gasteiger partial charge in [-0.15, -0.1) is 0 Å². The molecule has 5 nitrogen and oxygen atoms in total. The summed E-state index contributed by atoms with van der Waals surface area (Å²) in [6.07, 6.45) is 0. The second-order valence-electron chi connectivity index (χ2n) is 4.59. The zero-order valence-corrected chi connectivity index (χ0v) is 13.8. The lowest BCUT2D eigenvalue weighted by Gasteiger charge is -2.10. The molecule has 0 aliphatic rings. The van der Waals surface area contributed by atoms with E-state index in [1.54, 1.807) is 31.4 Å². The number of carbonyl (C=O) groups excluding carboxylic acids is 1. The number of anilines is 1. The Morgan fingerprint density at radius 3 is 2.22 bits per heavy atom. The summed E-state index contributed by atoms with van der Waals surface area (Å²) in [6, 6.07) is 14.1. The summed E-state index contributed by atoms with van der Waals surface area (Å²) in [7, 11) is 1.57. The molecule has 0 radical (unpaired) electrons. The van der Waals surface area contributed by atoms with Crippen LogP contribution in [0.2, 0.25) is 0 Å². The minimum Gasteiger partial charge on any atom is -0.497 e. The summed E-state index contributed by atoms with van der Waals surface area (Å²) >= 11 is 5.15. The van der Waals surface area contributed by atoms with Gasteiger partial charge in [0.1, 0.15) is 11.5 Å². The Labute approximate surface area is 140 Å². The molecule has 0 aromatic heterocycles. The highest BCUT2D eigenvalue weighted by atomic mass is 32.1. The van der Waals surface area contributed by atoms with Crippen LogP contribution >= 0.6 is 12.2 Å². The van der Waals surface area contributed by atoms with Crippen LogP contribution in [-0.4, -0.2) is 24.7 Å². The molecule has 0 aliphatic heterocycles. The molecule has 6 heteroatoms. The average Bonchev–Trinajstić information content (AvgIpc) is 2.57. The molecule has 0 saturated carbocycles. The highest BCUT2D eigenvalue weighted by molar-refractivity contribution is 7.80. The molecule has 0 spiro atoms. The molecule has 2 aromatic carbocycles. The first-order chi connectivity index (χ1) is 11.1. The smallest absolute Gasteiger partial charge is 0.257 e. The molecule has 23 heavy (non-hydrogen) atoms. The lowest BCUT2D eigenvalue weighted by Crippen LogP contribution is -2.34. The van der Waals surface area contributed by atoms with Crippen molar-refractivity contribution in [2.45, 2.75) is 6.92 Å². The fourth-order valence-electron chi connectivity index (χ4n) is 1.88. The maximum absolute atomic E-state index is 12.1. The lowest BCUT2D eigenvalue weighted by atomic mass is 10.2. The largest absolute Gasteiger partial charge is 0.497 e. The number of thiocarbonyl (C=S) groups is 1. The van der Waals surface area contributed by atoms with Crippen molar-refractivity contribution in [1.29, 1.82) is 0 Å². The number of benzene rings is 2. The molecule has 0 saturated heterocycles. The lowest BCUT2D eigenvalue weighted by molar-refractivity contribution is 0.0977. The summed E-state index contributed by atoms with van der Waals surface area (Å²) in [5.74, 6) is 1.19. The molecular weight excluding hydrogens is 312 g/mol. The fourth-order valence-corrected chi connectivity index (χ4v) is 2.09. The SMILES string of the molecule is CCOc1ccc(NC(=S)NC(=O)c2ccc(OC)cc2)cc1. The van der Waals surface area contributed by atoms with Crippen molar-refractivity contribution in [3.8, 4) is 11.5 Å². The van der Waals surface area contributed by atoms with E-state index in [2.05, 4.69) is 10.6 Å². The molecule has 120 valence electrons. The Bertz CT molecular complexity index is 669. The minimum atomic E-state index is -0.281. The van der Waals surface area contributed by atoms with Crippen LogP contribution in [0.3, 0.4) is 0 Å². The van der Waals surface area contributed by atoms with Crippen molar-refractivity contribution in [2.75, 3.05) is 19.0 Å². The van der Waals surface area contributed by atoms with Gasteiger partial charge in [-0.25, -0.2) is 0 Å². The molecule has 0 unspecified atom stereocenters. The summed E-state index contributed by atoms with van der Waals surface area (Å²) in [4.78, 5) is 12.1. The number of methoxy groups -OCH3 is 1. The average molecular weight is 330 g/mol.